The van der Waals surface area contributed by atoms with E-state index in [1.54, 1.807) is 0 Å². The number of imide groups is 1. The van der Waals surface area contributed by atoms with E-state index in [-0.39, 0.29) is 17.9 Å². The van der Waals surface area contributed by atoms with Crippen LogP contribution in [-0.2, 0) is 16.1 Å². The summed E-state index contributed by atoms with van der Waals surface area (Å²) >= 11 is 0. The van der Waals surface area contributed by atoms with Gasteiger partial charge in [0.2, 0.25) is 11.8 Å². The molecular formula is C15H20N2O2. The zero-order chi connectivity index (χ0) is 13.8. The summed E-state index contributed by atoms with van der Waals surface area (Å²) in [5.74, 6) is 0.136. The number of hydrogen-bond donors (Lipinski definition) is 2. The van der Waals surface area contributed by atoms with Crippen LogP contribution in [0.4, 0.5) is 0 Å². The Bertz CT molecular complexity index is 466. The van der Waals surface area contributed by atoms with Crippen molar-refractivity contribution in [2.24, 2.45) is 0 Å². The van der Waals surface area contributed by atoms with Crippen LogP contribution >= 0.6 is 0 Å². The maximum Gasteiger partial charge on any atom is 0.243 e. The number of amides is 2. The lowest BCUT2D eigenvalue weighted by Crippen LogP contribution is -2.50. The summed E-state index contributed by atoms with van der Waals surface area (Å²) < 4.78 is 0. The third kappa shape index (κ3) is 3.64. The molecular weight excluding hydrogens is 240 g/mol. The molecule has 1 atom stereocenters. The summed E-state index contributed by atoms with van der Waals surface area (Å²) in [6.45, 7) is 4.97. The summed E-state index contributed by atoms with van der Waals surface area (Å²) in [4.78, 5) is 22.6. The lowest BCUT2D eigenvalue weighted by Gasteiger charge is -2.22. The van der Waals surface area contributed by atoms with E-state index in [0.29, 0.717) is 25.3 Å². The average molecular weight is 260 g/mol. The van der Waals surface area contributed by atoms with Crippen LogP contribution < -0.4 is 10.6 Å². The van der Waals surface area contributed by atoms with Gasteiger partial charge in [-0.3, -0.25) is 14.9 Å². The third-order valence-electron chi connectivity index (χ3n) is 3.44. The molecule has 1 aromatic rings. The highest BCUT2D eigenvalue weighted by molar-refractivity contribution is 6.00. The molecule has 4 heteroatoms. The normalized spacial score (nSPS) is 19.6. The van der Waals surface area contributed by atoms with Crippen LogP contribution in [0.5, 0.6) is 0 Å². The van der Waals surface area contributed by atoms with Crippen LogP contribution in [0, 0.1) is 0 Å². The van der Waals surface area contributed by atoms with E-state index in [1.165, 1.54) is 5.56 Å². The number of rotatable bonds is 4. The first kappa shape index (κ1) is 13.7. The van der Waals surface area contributed by atoms with E-state index >= 15 is 0 Å². The standard InChI is InChI=1S/C15H20N2O2/c1-10(2)12-5-3-11(4-6-12)9-16-13-7-8-14(18)17-15(13)19/h3-6,10,13,16H,7-9H2,1-2H3,(H,17,18,19). The van der Waals surface area contributed by atoms with Crippen LogP contribution in [0.25, 0.3) is 0 Å². The number of hydrogen-bond acceptors (Lipinski definition) is 3. The van der Waals surface area contributed by atoms with Gasteiger partial charge < -0.3 is 5.32 Å². The summed E-state index contributed by atoms with van der Waals surface area (Å²) in [7, 11) is 0. The van der Waals surface area contributed by atoms with Crippen molar-refractivity contribution in [1.82, 2.24) is 10.6 Å². The van der Waals surface area contributed by atoms with Gasteiger partial charge in [-0.2, -0.15) is 0 Å². The lowest BCUT2D eigenvalue weighted by molar-refractivity contribution is -0.134. The topological polar surface area (TPSA) is 58.2 Å². The Balaban J connectivity index is 1.88. The molecule has 0 spiro atoms. The van der Waals surface area contributed by atoms with Crippen molar-refractivity contribution in [3.63, 3.8) is 0 Å². The second-order valence-electron chi connectivity index (χ2n) is 5.28. The highest BCUT2D eigenvalue weighted by Gasteiger charge is 2.25. The number of piperidine rings is 1. The molecule has 0 aromatic heterocycles. The van der Waals surface area contributed by atoms with Crippen molar-refractivity contribution < 1.29 is 9.59 Å². The van der Waals surface area contributed by atoms with Gasteiger partial charge in [0.25, 0.3) is 0 Å². The summed E-state index contributed by atoms with van der Waals surface area (Å²) in [5, 5.41) is 5.54. The Hall–Kier alpha value is -1.68. The Morgan fingerprint density at radius 1 is 1.26 bits per heavy atom. The van der Waals surface area contributed by atoms with Crippen LogP contribution in [0.15, 0.2) is 24.3 Å². The quantitative estimate of drug-likeness (QED) is 0.810. The average Bonchev–Trinajstić information content (AvgIpc) is 2.38. The Morgan fingerprint density at radius 3 is 2.53 bits per heavy atom. The molecule has 102 valence electrons. The predicted octanol–water partition coefficient (Wildman–Crippen LogP) is 1.70. The lowest BCUT2D eigenvalue weighted by atomic mass is 10.0. The molecule has 1 unspecified atom stereocenters. The van der Waals surface area contributed by atoms with Crippen LogP contribution in [0.1, 0.15) is 43.7 Å². The van der Waals surface area contributed by atoms with Crippen molar-refractivity contribution in [2.75, 3.05) is 0 Å². The Kier molecular flexibility index (Phi) is 4.32. The monoisotopic (exact) mass is 260 g/mol. The molecule has 4 nitrogen and oxygen atoms in total. The van der Waals surface area contributed by atoms with Crippen LogP contribution in [0.3, 0.4) is 0 Å². The van der Waals surface area contributed by atoms with Gasteiger partial charge in [0.15, 0.2) is 0 Å². The van der Waals surface area contributed by atoms with E-state index < -0.39 is 0 Å². The summed E-state index contributed by atoms with van der Waals surface area (Å²) in [6.07, 6.45) is 0.991. The zero-order valence-electron chi connectivity index (χ0n) is 11.4. The minimum Gasteiger partial charge on any atom is -0.302 e. The maximum atomic E-state index is 11.6. The summed E-state index contributed by atoms with van der Waals surface area (Å²) in [5.41, 5.74) is 2.46. The van der Waals surface area contributed by atoms with Gasteiger partial charge in [-0.25, -0.2) is 0 Å². The first-order valence-electron chi connectivity index (χ1n) is 6.72. The maximum absolute atomic E-state index is 11.6. The predicted molar refractivity (Wildman–Crippen MR) is 73.5 cm³/mol. The molecule has 1 fully saturated rings. The van der Waals surface area contributed by atoms with E-state index in [0.717, 1.165) is 5.56 Å². The van der Waals surface area contributed by atoms with E-state index in [4.69, 9.17) is 0 Å². The molecule has 0 radical (unpaired) electrons. The minimum absolute atomic E-state index is 0.177. The van der Waals surface area contributed by atoms with Gasteiger partial charge in [0.05, 0.1) is 6.04 Å². The van der Waals surface area contributed by atoms with Crippen molar-refractivity contribution in [3.8, 4) is 0 Å². The molecule has 2 N–H and O–H groups in total. The fourth-order valence-electron chi connectivity index (χ4n) is 2.15. The number of carbonyl (C=O) groups is 2. The zero-order valence-corrected chi connectivity index (χ0v) is 11.4. The van der Waals surface area contributed by atoms with E-state index in [9.17, 15) is 9.59 Å². The second kappa shape index (κ2) is 5.97. The molecule has 1 aromatic carbocycles. The molecule has 1 heterocycles. The number of benzene rings is 1. The van der Waals surface area contributed by atoms with Crippen molar-refractivity contribution in [2.45, 2.75) is 45.2 Å². The van der Waals surface area contributed by atoms with Crippen molar-refractivity contribution in [1.29, 1.82) is 0 Å². The first-order valence-corrected chi connectivity index (χ1v) is 6.72. The third-order valence-corrected chi connectivity index (χ3v) is 3.44. The largest absolute Gasteiger partial charge is 0.302 e. The molecule has 0 bridgehead atoms. The highest BCUT2D eigenvalue weighted by Crippen LogP contribution is 2.15. The van der Waals surface area contributed by atoms with Gasteiger partial charge in [-0.15, -0.1) is 0 Å². The summed E-state index contributed by atoms with van der Waals surface area (Å²) in [6, 6.07) is 8.13. The van der Waals surface area contributed by atoms with Gasteiger partial charge >= 0.3 is 0 Å². The molecule has 0 saturated carbocycles. The molecule has 2 amide bonds. The fourth-order valence-corrected chi connectivity index (χ4v) is 2.15. The SMILES string of the molecule is CC(C)c1ccc(CNC2CCC(=O)NC2=O)cc1. The highest BCUT2D eigenvalue weighted by atomic mass is 16.2. The van der Waals surface area contributed by atoms with Gasteiger partial charge in [-0.05, 0) is 23.5 Å². The smallest absolute Gasteiger partial charge is 0.243 e. The van der Waals surface area contributed by atoms with Gasteiger partial charge in [0.1, 0.15) is 0 Å². The molecule has 19 heavy (non-hydrogen) atoms. The van der Waals surface area contributed by atoms with E-state index in [2.05, 4.69) is 48.7 Å². The molecule has 1 aliphatic rings. The number of carbonyl (C=O) groups excluding carboxylic acids is 2. The molecule has 2 rings (SSSR count). The van der Waals surface area contributed by atoms with Crippen LogP contribution in [-0.4, -0.2) is 17.9 Å². The fraction of sp³-hybridized carbons (Fsp3) is 0.467. The number of nitrogens with one attached hydrogen (secondary N) is 2. The molecule has 1 saturated heterocycles. The second-order valence-corrected chi connectivity index (χ2v) is 5.28. The van der Waals surface area contributed by atoms with Crippen molar-refractivity contribution in [3.05, 3.63) is 35.4 Å². The van der Waals surface area contributed by atoms with Gasteiger partial charge in [0, 0.05) is 13.0 Å². The Morgan fingerprint density at radius 2 is 1.95 bits per heavy atom. The van der Waals surface area contributed by atoms with Gasteiger partial charge in [-0.1, -0.05) is 38.1 Å². The first-order chi connectivity index (χ1) is 9.06. The molecule has 0 aliphatic carbocycles. The van der Waals surface area contributed by atoms with Crippen molar-refractivity contribution >= 4 is 11.8 Å². The van der Waals surface area contributed by atoms with Crippen LogP contribution in [0.2, 0.25) is 0 Å². The molecule has 1 aliphatic heterocycles. The minimum atomic E-state index is -0.262. The Labute approximate surface area is 113 Å². The van der Waals surface area contributed by atoms with E-state index in [1.807, 2.05) is 0 Å².